The molecule has 1 atom stereocenters. The van der Waals surface area contributed by atoms with E-state index < -0.39 is 0 Å². The predicted octanol–water partition coefficient (Wildman–Crippen LogP) is 2.44. The van der Waals surface area contributed by atoms with Crippen LogP contribution < -0.4 is 10.6 Å². The van der Waals surface area contributed by atoms with E-state index in [0.29, 0.717) is 0 Å². The molecule has 0 spiro atoms. The summed E-state index contributed by atoms with van der Waals surface area (Å²) in [6.07, 6.45) is 4.41. The van der Waals surface area contributed by atoms with Gasteiger partial charge in [0.15, 0.2) is 0 Å². The third-order valence-corrected chi connectivity index (χ3v) is 5.09. The second-order valence-corrected chi connectivity index (χ2v) is 6.29. The van der Waals surface area contributed by atoms with Crippen molar-refractivity contribution in [1.29, 1.82) is 0 Å². The van der Waals surface area contributed by atoms with Gasteiger partial charge in [-0.1, -0.05) is 12.5 Å². The Balaban J connectivity index is 1.82. The molecule has 3 rings (SSSR count). The summed E-state index contributed by atoms with van der Waals surface area (Å²) in [5, 5.41) is 0.158. The number of rotatable bonds is 1. The highest BCUT2D eigenvalue weighted by Crippen LogP contribution is 2.34. The van der Waals surface area contributed by atoms with Crippen LogP contribution in [0.1, 0.15) is 24.8 Å². The van der Waals surface area contributed by atoms with E-state index >= 15 is 0 Å². The van der Waals surface area contributed by atoms with Crippen LogP contribution in [-0.2, 0) is 11.2 Å². The van der Waals surface area contributed by atoms with Crippen LogP contribution in [0, 0.1) is 0 Å². The number of carbonyl (C=O) groups excluding carboxylic acids is 1. The largest absolute Gasteiger partial charge is 0.399 e. The number of nitrogens with zero attached hydrogens (tertiary/aromatic N) is 1. The zero-order chi connectivity index (χ0) is 12.5. The van der Waals surface area contributed by atoms with Gasteiger partial charge < -0.3 is 10.6 Å². The van der Waals surface area contributed by atoms with Crippen molar-refractivity contribution in [2.24, 2.45) is 0 Å². The fraction of sp³-hybridized carbons (Fsp3) is 0.500. The Morgan fingerprint density at radius 1 is 1.39 bits per heavy atom. The fourth-order valence-corrected chi connectivity index (χ4v) is 3.99. The number of hydrogen-bond donors (Lipinski definition) is 1. The molecular weight excluding hydrogens is 244 g/mol. The molecule has 2 aliphatic rings. The van der Waals surface area contributed by atoms with Crippen molar-refractivity contribution in [2.45, 2.75) is 30.9 Å². The molecular formula is C14H18N2OS. The Morgan fingerprint density at radius 3 is 3.06 bits per heavy atom. The molecule has 1 unspecified atom stereocenters. The molecule has 3 nitrogen and oxygen atoms in total. The second-order valence-electron chi connectivity index (χ2n) is 4.98. The van der Waals surface area contributed by atoms with Crippen LogP contribution in [0.5, 0.6) is 0 Å². The van der Waals surface area contributed by atoms with Gasteiger partial charge in [-0.05, 0) is 42.7 Å². The van der Waals surface area contributed by atoms with Gasteiger partial charge in [0.1, 0.15) is 0 Å². The van der Waals surface area contributed by atoms with Gasteiger partial charge in [-0.15, -0.1) is 11.8 Å². The predicted molar refractivity (Wildman–Crippen MR) is 77.0 cm³/mol. The molecule has 0 saturated carbocycles. The summed E-state index contributed by atoms with van der Waals surface area (Å²) < 4.78 is 0. The topological polar surface area (TPSA) is 46.3 Å². The Bertz CT molecular complexity index is 469. The summed E-state index contributed by atoms with van der Waals surface area (Å²) >= 11 is 1.81. The standard InChI is InChI=1S/C14H18N2OS/c15-11-5-4-10-6-7-16(12(10)9-11)14(17)13-3-1-2-8-18-13/h4-5,9,13H,1-3,6-8,15H2. The summed E-state index contributed by atoms with van der Waals surface area (Å²) in [5.74, 6) is 1.40. The average molecular weight is 262 g/mol. The second kappa shape index (κ2) is 4.84. The molecule has 18 heavy (non-hydrogen) atoms. The molecule has 1 aromatic rings. The number of nitrogens with two attached hydrogens (primary N) is 1. The Morgan fingerprint density at radius 2 is 2.28 bits per heavy atom. The molecule has 0 aromatic heterocycles. The molecule has 1 aromatic carbocycles. The lowest BCUT2D eigenvalue weighted by Crippen LogP contribution is -2.37. The van der Waals surface area contributed by atoms with Crippen LogP contribution in [0.25, 0.3) is 0 Å². The van der Waals surface area contributed by atoms with Gasteiger partial charge in [0.25, 0.3) is 0 Å². The van der Waals surface area contributed by atoms with Gasteiger partial charge in [0, 0.05) is 17.9 Å². The highest BCUT2D eigenvalue weighted by Gasteiger charge is 2.31. The third-order valence-electron chi connectivity index (χ3n) is 3.73. The van der Waals surface area contributed by atoms with Gasteiger partial charge in [0.05, 0.1) is 5.25 Å². The minimum Gasteiger partial charge on any atom is -0.399 e. The maximum Gasteiger partial charge on any atom is 0.240 e. The van der Waals surface area contributed by atoms with E-state index in [9.17, 15) is 4.79 Å². The third kappa shape index (κ3) is 2.09. The Kier molecular flexibility index (Phi) is 3.20. The number of hydrogen-bond acceptors (Lipinski definition) is 3. The van der Waals surface area contributed by atoms with E-state index in [2.05, 4.69) is 0 Å². The molecule has 2 aliphatic heterocycles. The molecule has 1 amide bonds. The van der Waals surface area contributed by atoms with Crippen LogP contribution in [-0.4, -0.2) is 23.5 Å². The summed E-state index contributed by atoms with van der Waals surface area (Å²) in [5.41, 5.74) is 8.85. The molecule has 1 saturated heterocycles. The smallest absolute Gasteiger partial charge is 0.240 e. The number of anilines is 2. The summed E-state index contributed by atoms with van der Waals surface area (Å²) in [6, 6.07) is 5.90. The lowest BCUT2D eigenvalue weighted by Gasteiger charge is -2.26. The highest BCUT2D eigenvalue weighted by molar-refractivity contribution is 8.00. The van der Waals surface area contributed by atoms with Crippen LogP contribution in [0.4, 0.5) is 11.4 Å². The summed E-state index contributed by atoms with van der Waals surface area (Å²) in [6.45, 7) is 0.814. The first kappa shape index (κ1) is 11.9. The van der Waals surface area contributed by atoms with Gasteiger partial charge in [0.2, 0.25) is 5.91 Å². The van der Waals surface area contributed by atoms with Crippen molar-refractivity contribution < 1.29 is 4.79 Å². The number of thioether (sulfide) groups is 1. The maximum absolute atomic E-state index is 12.5. The van der Waals surface area contributed by atoms with Gasteiger partial charge in [-0.2, -0.15) is 0 Å². The summed E-state index contributed by atoms with van der Waals surface area (Å²) in [7, 11) is 0. The molecule has 0 aliphatic carbocycles. The number of nitrogen functional groups attached to an aromatic ring is 1. The minimum absolute atomic E-state index is 0.158. The van der Waals surface area contributed by atoms with Crippen molar-refractivity contribution in [1.82, 2.24) is 0 Å². The van der Waals surface area contributed by atoms with Crippen molar-refractivity contribution in [3.05, 3.63) is 23.8 Å². The Labute approximate surface area is 112 Å². The molecule has 4 heteroatoms. The van der Waals surface area contributed by atoms with Crippen LogP contribution in [0.15, 0.2) is 18.2 Å². The quantitative estimate of drug-likeness (QED) is 0.791. The molecule has 0 radical (unpaired) electrons. The minimum atomic E-state index is 0.158. The maximum atomic E-state index is 12.5. The fourth-order valence-electron chi connectivity index (χ4n) is 2.73. The van der Waals surface area contributed by atoms with E-state index in [-0.39, 0.29) is 11.2 Å². The van der Waals surface area contributed by atoms with Gasteiger partial charge in [-0.25, -0.2) is 0 Å². The monoisotopic (exact) mass is 262 g/mol. The van der Waals surface area contributed by atoms with Crippen molar-refractivity contribution in [3.63, 3.8) is 0 Å². The van der Waals surface area contributed by atoms with Crippen molar-refractivity contribution >= 4 is 29.0 Å². The molecule has 2 N–H and O–H groups in total. The SMILES string of the molecule is Nc1ccc2c(c1)N(C(=O)C1CCCCS1)CC2. The van der Waals surface area contributed by atoms with E-state index in [1.54, 1.807) is 0 Å². The first-order valence-corrected chi connectivity index (χ1v) is 7.62. The normalized spacial score (nSPS) is 22.9. The molecule has 1 fully saturated rings. The van der Waals surface area contributed by atoms with E-state index in [4.69, 9.17) is 5.73 Å². The van der Waals surface area contributed by atoms with Crippen LogP contribution >= 0.6 is 11.8 Å². The number of benzene rings is 1. The van der Waals surface area contributed by atoms with E-state index in [0.717, 1.165) is 36.5 Å². The van der Waals surface area contributed by atoms with Gasteiger partial charge in [-0.3, -0.25) is 4.79 Å². The zero-order valence-electron chi connectivity index (χ0n) is 10.4. The molecule has 96 valence electrons. The first-order chi connectivity index (χ1) is 8.75. The zero-order valence-corrected chi connectivity index (χ0v) is 11.2. The number of amides is 1. The summed E-state index contributed by atoms with van der Waals surface area (Å²) in [4.78, 5) is 14.5. The van der Waals surface area contributed by atoms with Crippen LogP contribution in [0.3, 0.4) is 0 Å². The first-order valence-electron chi connectivity index (χ1n) is 6.57. The van der Waals surface area contributed by atoms with Gasteiger partial charge >= 0.3 is 0 Å². The number of carbonyl (C=O) groups is 1. The number of fused-ring (bicyclic) bond motifs is 1. The highest BCUT2D eigenvalue weighted by atomic mass is 32.2. The average Bonchev–Trinajstić information content (AvgIpc) is 2.82. The van der Waals surface area contributed by atoms with E-state index in [1.807, 2.05) is 34.9 Å². The van der Waals surface area contributed by atoms with Crippen LogP contribution in [0.2, 0.25) is 0 Å². The Hall–Kier alpha value is -1.16. The van der Waals surface area contributed by atoms with Crippen molar-refractivity contribution in [3.8, 4) is 0 Å². The molecule has 2 heterocycles. The molecule has 0 bridgehead atoms. The van der Waals surface area contributed by atoms with Crippen molar-refractivity contribution in [2.75, 3.05) is 22.9 Å². The van der Waals surface area contributed by atoms with E-state index in [1.165, 1.54) is 18.4 Å². The lowest BCUT2D eigenvalue weighted by atomic mass is 10.1. The lowest BCUT2D eigenvalue weighted by molar-refractivity contribution is -0.118.